The molecule has 0 unspecified atom stereocenters. The second kappa shape index (κ2) is 19.6. The Morgan fingerprint density at radius 3 is 1.88 bits per heavy atom. The summed E-state index contributed by atoms with van der Waals surface area (Å²) in [6, 6.07) is 13.6. The number of fused-ring (bicyclic) bond motifs is 1. The quantitative estimate of drug-likeness (QED) is 0.0893. The van der Waals surface area contributed by atoms with Crippen molar-refractivity contribution in [3.05, 3.63) is 65.7 Å². The van der Waals surface area contributed by atoms with Gasteiger partial charge in [-0.05, 0) is 42.8 Å². The highest BCUT2D eigenvalue weighted by molar-refractivity contribution is 7.89. The molecule has 11 heteroatoms. The fourth-order valence-corrected chi connectivity index (χ4v) is 5.94. The Labute approximate surface area is 284 Å². The number of carbonyl (C=O) groups is 3. The van der Waals surface area contributed by atoms with E-state index in [4.69, 9.17) is 9.47 Å². The topological polar surface area (TPSA) is 139 Å². The third-order valence-corrected chi connectivity index (χ3v) is 8.75. The molecule has 0 aliphatic rings. The van der Waals surface area contributed by atoms with E-state index in [1.54, 1.807) is 18.2 Å². The molecule has 0 radical (unpaired) electrons. The first-order valence-corrected chi connectivity index (χ1v) is 18.9. The summed E-state index contributed by atoms with van der Waals surface area (Å²) in [5.74, 6) is -1.61. The summed E-state index contributed by atoms with van der Waals surface area (Å²) in [5, 5.41) is 11.4. The molecule has 0 aliphatic heterocycles. The molecule has 3 aromatic rings. The van der Waals surface area contributed by atoms with E-state index in [1.807, 2.05) is 4.72 Å². The molecule has 2 N–H and O–H groups in total. The lowest BCUT2D eigenvalue weighted by Gasteiger charge is -2.19. The van der Waals surface area contributed by atoms with Crippen molar-refractivity contribution in [2.45, 2.75) is 96.8 Å². The number of rotatable bonds is 20. The maximum absolute atomic E-state index is 13.0. The van der Waals surface area contributed by atoms with Gasteiger partial charge < -0.3 is 14.6 Å². The molecule has 0 saturated carbocycles. The van der Waals surface area contributed by atoms with E-state index in [-0.39, 0.29) is 16.7 Å². The minimum Gasteiger partial charge on any atom is -0.506 e. The molecule has 262 valence electrons. The van der Waals surface area contributed by atoms with Crippen LogP contribution in [0.3, 0.4) is 0 Å². The van der Waals surface area contributed by atoms with Gasteiger partial charge in [-0.1, -0.05) is 109 Å². The van der Waals surface area contributed by atoms with E-state index < -0.39 is 33.7 Å². The SMILES string of the molecule is CCCCCCCCCCCCCCCCOC(=O)c1ccc(OC(=O)N(C)c2cccc3c(O)c(C(=O)NS(C)(=O)=O)ccc23)cc1. The molecule has 0 fully saturated rings. The van der Waals surface area contributed by atoms with Crippen LogP contribution in [0.2, 0.25) is 0 Å². The molecule has 0 bridgehead atoms. The fraction of sp³-hybridized carbons (Fsp3) is 0.486. The molecule has 0 atom stereocenters. The molecule has 0 spiro atoms. The maximum atomic E-state index is 13.0. The first-order chi connectivity index (χ1) is 23.0. The molecule has 0 saturated heterocycles. The summed E-state index contributed by atoms with van der Waals surface area (Å²) >= 11 is 0. The van der Waals surface area contributed by atoms with E-state index in [1.165, 1.54) is 119 Å². The molecule has 3 rings (SSSR count). The van der Waals surface area contributed by atoms with Crippen molar-refractivity contribution in [2.24, 2.45) is 0 Å². The van der Waals surface area contributed by atoms with Gasteiger partial charge in [0.05, 0.1) is 29.7 Å². The number of nitrogens with zero attached hydrogens (tertiary/aromatic N) is 1. The average molecular weight is 683 g/mol. The van der Waals surface area contributed by atoms with E-state index in [2.05, 4.69) is 6.92 Å². The van der Waals surface area contributed by atoms with E-state index >= 15 is 0 Å². The molecule has 0 heterocycles. The Kier molecular flexibility index (Phi) is 15.7. The van der Waals surface area contributed by atoms with Crippen LogP contribution in [-0.2, 0) is 14.8 Å². The van der Waals surface area contributed by atoms with Crippen LogP contribution in [0.5, 0.6) is 11.5 Å². The van der Waals surface area contributed by atoms with Gasteiger partial charge >= 0.3 is 12.1 Å². The summed E-state index contributed by atoms with van der Waals surface area (Å²) in [5.41, 5.74) is 0.508. The van der Waals surface area contributed by atoms with Crippen LogP contribution in [0.25, 0.3) is 10.8 Å². The number of unbranched alkanes of at least 4 members (excludes halogenated alkanes) is 13. The number of phenolic OH excluding ortho intramolecular Hbond substituents is 1. The van der Waals surface area contributed by atoms with Crippen molar-refractivity contribution in [1.82, 2.24) is 4.72 Å². The predicted molar refractivity (Wildman–Crippen MR) is 189 cm³/mol. The Morgan fingerprint density at radius 2 is 1.31 bits per heavy atom. The van der Waals surface area contributed by atoms with E-state index in [9.17, 15) is 27.9 Å². The number of nitrogens with one attached hydrogen (secondary N) is 1. The van der Waals surface area contributed by atoms with Crippen LogP contribution in [0.1, 0.15) is 118 Å². The largest absolute Gasteiger partial charge is 0.506 e. The number of anilines is 1. The highest BCUT2D eigenvalue weighted by Crippen LogP contribution is 2.35. The van der Waals surface area contributed by atoms with Crippen molar-refractivity contribution >= 4 is 44.5 Å². The second-order valence-corrected chi connectivity index (χ2v) is 14.0. The number of esters is 1. The zero-order chi connectivity index (χ0) is 34.9. The number of sulfonamides is 1. The van der Waals surface area contributed by atoms with Crippen molar-refractivity contribution < 1.29 is 37.4 Å². The Hall–Kier alpha value is -4.12. The number of ether oxygens (including phenoxy) is 2. The molecule has 2 amide bonds. The molecule has 0 aromatic heterocycles. The zero-order valence-electron chi connectivity index (χ0n) is 28.5. The summed E-state index contributed by atoms with van der Waals surface area (Å²) in [6.07, 6.45) is 17.7. The minimum absolute atomic E-state index is 0.221. The van der Waals surface area contributed by atoms with Crippen LogP contribution in [0.15, 0.2) is 54.6 Å². The van der Waals surface area contributed by atoms with Crippen molar-refractivity contribution in [2.75, 3.05) is 24.8 Å². The molecule has 3 aromatic carbocycles. The molecule has 10 nitrogen and oxygen atoms in total. The van der Waals surface area contributed by atoms with Crippen molar-refractivity contribution in [1.29, 1.82) is 0 Å². The Bertz CT molecular complexity index is 1610. The van der Waals surface area contributed by atoms with Gasteiger partial charge in [0.1, 0.15) is 11.5 Å². The third kappa shape index (κ3) is 12.5. The van der Waals surface area contributed by atoms with Gasteiger partial charge in [-0.2, -0.15) is 0 Å². The lowest BCUT2D eigenvalue weighted by molar-refractivity contribution is 0.0497. The number of hydrogen-bond donors (Lipinski definition) is 2. The predicted octanol–water partition coefficient (Wildman–Crippen LogP) is 8.51. The average Bonchev–Trinajstić information content (AvgIpc) is 3.05. The summed E-state index contributed by atoms with van der Waals surface area (Å²) < 4.78 is 35.6. The highest BCUT2D eigenvalue weighted by Gasteiger charge is 2.21. The smallest absolute Gasteiger partial charge is 0.419 e. The van der Waals surface area contributed by atoms with Crippen LogP contribution in [-0.4, -0.2) is 51.4 Å². The standard InChI is InChI=1S/C37H50N2O8S/c1-4-5-6-7-8-9-10-11-12-13-14-15-16-17-27-46-36(42)28-21-23-29(24-22-28)47-37(43)39(2)33-20-18-19-31-30(33)25-26-32(34(31)40)35(41)38-48(3,44)45/h18-26,40H,4-17,27H2,1-3H3,(H,38,41). The van der Waals surface area contributed by atoms with Crippen LogP contribution in [0, 0.1) is 0 Å². The molecular formula is C37H50N2O8S. The number of carbonyl (C=O) groups excluding carboxylic acids is 3. The highest BCUT2D eigenvalue weighted by atomic mass is 32.2. The second-order valence-electron chi connectivity index (χ2n) is 12.2. The fourth-order valence-electron chi connectivity index (χ4n) is 5.50. The number of aromatic hydroxyl groups is 1. The van der Waals surface area contributed by atoms with Gasteiger partial charge in [0, 0.05) is 17.8 Å². The Balaban J connectivity index is 1.40. The molecular weight excluding hydrogens is 632 g/mol. The number of hydrogen-bond acceptors (Lipinski definition) is 8. The number of phenols is 1. The summed E-state index contributed by atoms with van der Waals surface area (Å²) in [4.78, 5) is 39.0. The monoisotopic (exact) mass is 682 g/mol. The molecule has 48 heavy (non-hydrogen) atoms. The van der Waals surface area contributed by atoms with Crippen LogP contribution in [0.4, 0.5) is 10.5 Å². The lowest BCUT2D eigenvalue weighted by atomic mass is 10.0. The van der Waals surface area contributed by atoms with Gasteiger partial charge in [0.15, 0.2) is 0 Å². The lowest BCUT2D eigenvalue weighted by Crippen LogP contribution is -2.30. The van der Waals surface area contributed by atoms with Gasteiger partial charge in [-0.25, -0.2) is 22.7 Å². The maximum Gasteiger partial charge on any atom is 0.419 e. The van der Waals surface area contributed by atoms with Crippen LogP contribution >= 0.6 is 0 Å². The summed E-state index contributed by atoms with van der Waals surface area (Å²) in [7, 11) is -2.34. The first kappa shape index (κ1) is 38.3. The van der Waals surface area contributed by atoms with Gasteiger partial charge in [-0.3, -0.25) is 9.69 Å². The minimum atomic E-state index is -3.83. The third-order valence-electron chi connectivity index (χ3n) is 8.19. The zero-order valence-corrected chi connectivity index (χ0v) is 29.3. The van der Waals surface area contributed by atoms with Crippen molar-refractivity contribution in [3.8, 4) is 11.5 Å². The Morgan fingerprint density at radius 1 is 0.750 bits per heavy atom. The van der Waals surface area contributed by atoms with E-state index in [0.29, 0.717) is 23.2 Å². The van der Waals surface area contributed by atoms with E-state index in [0.717, 1.165) is 25.5 Å². The van der Waals surface area contributed by atoms with Gasteiger partial charge in [-0.15, -0.1) is 0 Å². The van der Waals surface area contributed by atoms with Gasteiger partial charge in [0.2, 0.25) is 10.0 Å². The van der Waals surface area contributed by atoms with Crippen molar-refractivity contribution in [3.63, 3.8) is 0 Å². The first-order valence-electron chi connectivity index (χ1n) is 17.0. The number of benzene rings is 3. The summed E-state index contributed by atoms with van der Waals surface area (Å²) in [6.45, 7) is 2.61. The number of amides is 2. The normalized spacial score (nSPS) is 11.3. The van der Waals surface area contributed by atoms with Crippen LogP contribution < -0.4 is 14.4 Å². The molecule has 0 aliphatic carbocycles. The van der Waals surface area contributed by atoms with Gasteiger partial charge in [0.25, 0.3) is 5.91 Å².